The Hall–Kier alpha value is -3.56. The molecule has 0 bridgehead atoms. The second-order valence-electron chi connectivity index (χ2n) is 7.71. The van der Waals surface area contributed by atoms with Crippen molar-refractivity contribution in [1.82, 2.24) is 19.5 Å². The smallest absolute Gasteiger partial charge is 0.309 e. The highest BCUT2D eigenvalue weighted by molar-refractivity contribution is 6.00. The molecule has 3 heterocycles. The third kappa shape index (κ3) is 4.50. The Morgan fingerprint density at radius 2 is 1.88 bits per heavy atom. The van der Waals surface area contributed by atoms with E-state index in [9.17, 15) is 18.4 Å². The van der Waals surface area contributed by atoms with Crippen molar-refractivity contribution in [1.29, 1.82) is 0 Å². The van der Waals surface area contributed by atoms with Gasteiger partial charge in [0.05, 0.1) is 31.5 Å². The number of aromatic nitrogens is 3. The molecule has 1 aliphatic heterocycles. The van der Waals surface area contributed by atoms with Gasteiger partial charge in [0.15, 0.2) is 5.65 Å². The zero-order chi connectivity index (χ0) is 23.5. The summed E-state index contributed by atoms with van der Waals surface area (Å²) in [6.45, 7) is 2.79. The van der Waals surface area contributed by atoms with E-state index in [-0.39, 0.29) is 34.7 Å². The lowest BCUT2D eigenvalue weighted by Crippen LogP contribution is -2.40. The van der Waals surface area contributed by atoms with Crippen LogP contribution in [0.1, 0.15) is 42.2 Å². The SMILES string of the molecule is CCOC(=O)C1CCN(C(=O)c2cnn3c(C(F)F)cc(-c4ccc(OC)cc4)nc23)CC1. The van der Waals surface area contributed by atoms with Crippen molar-refractivity contribution in [3.8, 4) is 17.0 Å². The third-order valence-corrected chi connectivity index (χ3v) is 5.74. The Labute approximate surface area is 189 Å². The number of nitrogens with zero attached hydrogens (tertiary/aromatic N) is 4. The summed E-state index contributed by atoms with van der Waals surface area (Å²) in [5.74, 6) is -0.233. The summed E-state index contributed by atoms with van der Waals surface area (Å²) < 4.78 is 38.8. The van der Waals surface area contributed by atoms with Crippen molar-refractivity contribution in [3.63, 3.8) is 0 Å². The van der Waals surface area contributed by atoms with Crippen LogP contribution >= 0.6 is 0 Å². The van der Waals surface area contributed by atoms with Crippen LogP contribution in [0.3, 0.4) is 0 Å². The number of alkyl halides is 2. The molecule has 10 heteroatoms. The maximum atomic E-state index is 13.8. The molecule has 1 fully saturated rings. The average Bonchev–Trinajstić information content (AvgIpc) is 3.27. The number of carbonyl (C=O) groups is 2. The Morgan fingerprint density at radius 3 is 2.48 bits per heavy atom. The van der Waals surface area contributed by atoms with Crippen LogP contribution in [0, 0.1) is 5.92 Å². The molecule has 0 N–H and O–H groups in total. The first kappa shape index (κ1) is 22.6. The van der Waals surface area contributed by atoms with Crippen molar-refractivity contribution in [3.05, 3.63) is 47.8 Å². The Balaban J connectivity index is 1.65. The molecule has 4 rings (SSSR count). The van der Waals surface area contributed by atoms with E-state index in [4.69, 9.17) is 9.47 Å². The quantitative estimate of drug-likeness (QED) is 0.523. The third-order valence-electron chi connectivity index (χ3n) is 5.74. The average molecular weight is 458 g/mol. The van der Waals surface area contributed by atoms with Gasteiger partial charge < -0.3 is 14.4 Å². The molecule has 1 aliphatic rings. The zero-order valence-electron chi connectivity index (χ0n) is 18.3. The molecule has 0 aliphatic carbocycles. The first-order chi connectivity index (χ1) is 15.9. The molecular weight excluding hydrogens is 434 g/mol. The van der Waals surface area contributed by atoms with Crippen molar-refractivity contribution >= 4 is 17.5 Å². The lowest BCUT2D eigenvalue weighted by molar-refractivity contribution is -0.149. The topological polar surface area (TPSA) is 86.0 Å². The number of hydrogen-bond acceptors (Lipinski definition) is 6. The van der Waals surface area contributed by atoms with Gasteiger partial charge in [0, 0.05) is 18.7 Å². The molecule has 0 atom stereocenters. The van der Waals surface area contributed by atoms with Crippen molar-refractivity contribution in [2.45, 2.75) is 26.2 Å². The number of amides is 1. The molecule has 1 saturated heterocycles. The Bertz CT molecular complexity index is 1160. The maximum absolute atomic E-state index is 13.8. The molecule has 174 valence electrons. The van der Waals surface area contributed by atoms with E-state index in [1.807, 2.05) is 0 Å². The van der Waals surface area contributed by atoms with Gasteiger partial charge in [-0.05, 0) is 50.1 Å². The minimum absolute atomic E-state index is 0.0659. The molecule has 0 saturated carbocycles. The van der Waals surface area contributed by atoms with Crippen molar-refractivity contribution < 1.29 is 27.8 Å². The number of benzene rings is 1. The first-order valence-corrected chi connectivity index (χ1v) is 10.7. The summed E-state index contributed by atoms with van der Waals surface area (Å²) in [4.78, 5) is 31.3. The number of hydrogen-bond donors (Lipinski definition) is 0. The number of ether oxygens (including phenoxy) is 2. The Morgan fingerprint density at radius 1 is 1.18 bits per heavy atom. The van der Waals surface area contributed by atoms with Gasteiger partial charge in [0.25, 0.3) is 12.3 Å². The van der Waals surface area contributed by atoms with Gasteiger partial charge in [0.2, 0.25) is 0 Å². The van der Waals surface area contributed by atoms with E-state index in [0.717, 1.165) is 4.52 Å². The highest BCUT2D eigenvalue weighted by Crippen LogP contribution is 2.29. The molecule has 2 aromatic heterocycles. The molecule has 33 heavy (non-hydrogen) atoms. The van der Waals surface area contributed by atoms with Crippen molar-refractivity contribution in [2.75, 3.05) is 26.8 Å². The second-order valence-corrected chi connectivity index (χ2v) is 7.71. The second kappa shape index (κ2) is 9.51. The predicted molar refractivity (Wildman–Crippen MR) is 115 cm³/mol. The maximum Gasteiger partial charge on any atom is 0.309 e. The van der Waals surface area contributed by atoms with Gasteiger partial charge in [-0.25, -0.2) is 18.3 Å². The van der Waals surface area contributed by atoms with Crippen LogP contribution < -0.4 is 4.74 Å². The molecule has 3 aromatic rings. The fourth-order valence-electron chi connectivity index (χ4n) is 3.95. The standard InChI is InChI=1S/C23H24F2N4O4/c1-3-33-23(31)15-8-10-28(11-9-15)22(30)17-13-26-29-19(20(24)25)12-18(27-21(17)29)14-4-6-16(32-2)7-5-14/h4-7,12-13,15,20H,3,8-11H2,1-2H3. The summed E-state index contributed by atoms with van der Waals surface area (Å²) >= 11 is 0. The number of likely N-dealkylation sites (tertiary alicyclic amines) is 1. The highest BCUT2D eigenvalue weighted by Gasteiger charge is 2.30. The normalized spacial score (nSPS) is 14.6. The summed E-state index contributed by atoms with van der Waals surface area (Å²) in [6.07, 6.45) is -0.574. The van der Waals surface area contributed by atoms with E-state index in [1.54, 1.807) is 36.1 Å². The van der Waals surface area contributed by atoms with E-state index in [0.29, 0.717) is 49.5 Å². The first-order valence-electron chi connectivity index (χ1n) is 10.7. The van der Waals surface area contributed by atoms with Gasteiger partial charge in [-0.1, -0.05) is 0 Å². The van der Waals surface area contributed by atoms with Crippen LogP contribution in [-0.4, -0.2) is 58.2 Å². The van der Waals surface area contributed by atoms with Crippen LogP contribution in [0.2, 0.25) is 0 Å². The van der Waals surface area contributed by atoms with Gasteiger partial charge in [-0.3, -0.25) is 9.59 Å². The van der Waals surface area contributed by atoms with Gasteiger partial charge in [-0.15, -0.1) is 0 Å². The minimum atomic E-state index is -2.81. The van der Waals surface area contributed by atoms with Gasteiger partial charge in [0.1, 0.15) is 17.0 Å². The lowest BCUT2D eigenvalue weighted by atomic mass is 9.96. The summed E-state index contributed by atoms with van der Waals surface area (Å²) in [5, 5.41) is 4.02. The predicted octanol–water partition coefficient (Wildman–Crippen LogP) is 3.76. The fourth-order valence-corrected chi connectivity index (χ4v) is 3.95. The molecule has 1 amide bonds. The van der Waals surface area contributed by atoms with Crippen LogP contribution in [0.5, 0.6) is 5.75 Å². The monoisotopic (exact) mass is 458 g/mol. The summed E-state index contributed by atoms with van der Waals surface area (Å²) in [7, 11) is 1.54. The van der Waals surface area contributed by atoms with E-state index in [2.05, 4.69) is 10.1 Å². The summed E-state index contributed by atoms with van der Waals surface area (Å²) in [6, 6.07) is 8.11. The zero-order valence-corrected chi connectivity index (χ0v) is 18.3. The molecule has 0 spiro atoms. The lowest BCUT2D eigenvalue weighted by Gasteiger charge is -2.30. The largest absolute Gasteiger partial charge is 0.497 e. The van der Waals surface area contributed by atoms with Crippen LogP contribution in [0.4, 0.5) is 8.78 Å². The number of halogens is 2. The van der Waals surface area contributed by atoms with Crippen LogP contribution in [0.15, 0.2) is 36.5 Å². The molecular formula is C23H24F2N4O4. The molecule has 0 radical (unpaired) electrons. The number of rotatable bonds is 6. The highest BCUT2D eigenvalue weighted by atomic mass is 19.3. The molecule has 1 aromatic carbocycles. The number of fused-ring (bicyclic) bond motifs is 1. The van der Waals surface area contributed by atoms with Gasteiger partial charge >= 0.3 is 5.97 Å². The van der Waals surface area contributed by atoms with Crippen LogP contribution in [0.25, 0.3) is 16.9 Å². The summed E-state index contributed by atoms with van der Waals surface area (Å²) in [5.41, 5.74) is 0.759. The fraction of sp³-hybridized carbons (Fsp3) is 0.391. The number of esters is 1. The molecule has 0 unspecified atom stereocenters. The van der Waals surface area contributed by atoms with Crippen molar-refractivity contribution in [2.24, 2.45) is 5.92 Å². The van der Waals surface area contributed by atoms with E-state index in [1.165, 1.54) is 19.4 Å². The minimum Gasteiger partial charge on any atom is -0.497 e. The number of carbonyl (C=O) groups excluding carboxylic acids is 2. The Kier molecular flexibility index (Phi) is 6.52. The molecule has 8 nitrogen and oxygen atoms in total. The number of piperidine rings is 1. The van der Waals surface area contributed by atoms with Crippen LogP contribution in [-0.2, 0) is 9.53 Å². The van der Waals surface area contributed by atoms with E-state index < -0.39 is 6.43 Å². The van der Waals surface area contributed by atoms with Gasteiger partial charge in [-0.2, -0.15) is 5.10 Å². The number of methoxy groups -OCH3 is 1. The van der Waals surface area contributed by atoms with E-state index >= 15 is 0 Å².